The minimum Gasteiger partial charge on any atom is -0.308 e. The van der Waals surface area contributed by atoms with Gasteiger partial charge in [0.15, 0.2) is 10.9 Å². The summed E-state index contributed by atoms with van der Waals surface area (Å²) in [5.74, 6) is -1.32. The predicted molar refractivity (Wildman–Crippen MR) is 104 cm³/mol. The second kappa shape index (κ2) is 7.72. The van der Waals surface area contributed by atoms with E-state index in [9.17, 15) is 9.59 Å². The average molecular weight is 389 g/mol. The number of carbonyl (C=O) groups is 1. The molecule has 2 aromatic heterocycles. The maximum absolute atomic E-state index is 13.0. The molecular formula is C18H20N4O2S2. The lowest BCUT2D eigenvalue weighted by Gasteiger charge is -2.12. The molecule has 6 nitrogen and oxygen atoms in total. The van der Waals surface area contributed by atoms with Gasteiger partial charge in [-0.2, -0.15) is 5.26 Å². The standard InChI is InChI=1S/C18H20N4O2S2/c1-3-7-22-17(24)15-11-5-4-6-14(11)26-16(15)21-18(22)25-9-13(23)12(8-19)10(2)20/h12,20H,3-7,9H2,1-2H3/t12-/m1/s1. The number of nitrogens with one attached hydrogen (secondary N) is 1. The molecule has 1 N–H and O–H groups in total. The highest BCUT2D eigenvalue weighted by Gasteiger charge is 2.25. The number of hydrogen-bond donors (Lipinski definition) is 1. The fraction of sp³-hybridized carbons (Fsp3) is 0.500. The van der Waals surface area contributed by atoms with Gasteiger partial charge in [-0.05, 0) is 38.2 Å². The van der Waals surface area contributed by atoms with Gasteiger partial charge in [0, 0.05) is 17.1 Å². The van der Waals surface area contributed by atoms with Gasteiger partial charge in [0.05, 0.1) is 17.2 Å². The van der Waals surface area contributed by atoms with Crippen LogP contribution in [-0.2, 0) is 24.2 Å². The van der Waals surface area contributed by atoms with Crippen LogP contribution in [0.4, 0.5) is 0 Å². The molecule has 2 aromatic rings. The number of carbonyl (C=O) groups excluding carboxylic acids is 1. The van der Waals surface area contributed by atoms with E-state index >= 15 is 0 Å². The smallest absolute Gasteiger partial charge is 0.263 e. The fourth-order valence-electron chi connectivity index (χ4n) is 3.22. The first-order chi connectivity index (χ1) is 12.5. The van der Waals surface area contributed by atoms with Gasteiger partial charge in [-0.1, -0.05) is 18.7 Å². The zero-order chi connectivity index (χ0) is 18.8. The van der Waals surface area contributed by atoms with Crippen LogP contribution in [0.2, 0.25) is 0 Å². The molecule has 0 bridgehead atoms. The van der Waals surface area contributed by atoms with Crippen LogP contribution in [0.3, 0.4) is 0 Å². The first-order valence-electron chi connectivity index (χ1n) is 8.63. The third-order valence-corrected chi connectivity index (χ3v) is 6.65. The summed E-state index contributed by atoms with van der Waals surface area (Å²) in [6, 6.07) is 1.87. The third kappa shape index (κ3) is 3.33. The van der Waals surface area contributed by atoms with E-state index in [-0.39, 0.29) is 22.8 Å². The topological polar surface area (TPSA) is 99.6 Å². The van der Waals surface area contributed by atoms with Crippen LogP contribution < -0.4 is 5.56 Å². The van der Waals surface area contributed by atoms with Crippen molar-refractivity contribution >= 4 is 44.8 Å². The lowest BCUT2D eigenvalue weighted by molar-refractivity contribution is -0.117. The number of aromatic nitrogens is 2. The Balaban J connectivity index is 1.96. The van der Waals surface area contributed by atoms with E-state index in [4.69, 9.17) is 10.7 Å². The van der Waals surface area contributed by atoms with Gasteiger partial charge in [0.25, 0.3) is 5.56 Å². The zero-order valence-electron chi connectivity index (χ0n) is 14.8. The number of fused-ring (bicyclic) bond motifs is 3. The SMILES string of the molecule is CCCn1c(SCC(=O)[C@H](C#N)C(C)=N)nc2sc3c(c2c1=O)CCC3. The summed E-state index contributed by atoms with van der Waals surface area (Å²) in [4.78, 5) is 32.0. The number of ketones is 1. The van der Waals surface area contributed by atoms with Gasteiger partial charge < -0.3 is 5.41 Å². The Bertz CT molecular complexity index is 984. The molecule has 26 heavy (non-hydrogen) atoms. The van der Waals surface area contributed by atoms with Gasteiger partial charge in [-0.15, -0.1) is 11.3 Å². The van der Waals surface area contributed by atoms with Crippen molar-refractivity contribution in [3.05, 3.63) is 20.8 Å². The largest absolute Gasteiger partial charge is 0.308 e. The number of nitrogens with zero attached hydrogens (tertiary/aromatic N) is 3. The lowest BCUT2D eigenvalue weighted by Crippen LogP contribution is -2.25. The molecule has 0 unspecified atom stereocenters. The van der Waals surface area contributed by atoms with Crippen molar-refractivity contribution < 1.29 is 4.79 Å². The monoisotopic (exact) mass is 388 g/mol. The predicted octanol–water partition coefficient (Wildman–Crippen LogP) is 3.20. The number of aryl methyl sites for hydroxylation is 2. The summed E-state index contributed by atoms with van der Waals surface area (Å²) in [5.41, 5.74) is 1.18. The van der Waals surface area contributed by atoms with Crippen molar-refractivity contribution in [2.24, 2.45) is 5.92 Å². The van der Waals surface area contributed by atoms with Crippen LogP contribution in [0.5, 0.6) is 0 Å². The van der Waals surface area contributed by atoms with Crippen LogP contribution in [0.1, 0.15) is 37.1 Å². The van der Waals surface area contributed by atoms with Gasteiger partial charge in [-0.25, -0.2) is 4.98 Å². The van der Waals surface area contributed by atoms with E-state index in [2.05, 4.69) is 4.98 Å². The number of rotatable bonds is 7. The van der Waals surface area contributed by atoms with E-state index in [1.54, 1.807) is 15.9 Å². The van der Waals surface area contributed by atoms with E-state index in [0.29, 0.717) is 11.7 Å². The number of thioether (sulfide) groups is 1. The molecule has 0 saturated heterocycles. The van der Waals surface area contributed by atoms with E-state index < -0.39 is 5.92 Å². The molecule has 136 valence electrons. The van der Waals surface area contributed by atoms with E-state index in [1.165, 1.54) is 23.6 Å². The Kier molecular flexibility index (Phi) is 5.58. The number of Topliss-reactive ketones (excluding diaryl/α,β-unsaturated/α-hetero) is 1. The first kappa shape index (κ1) is 18.8. The number of hydrogen-bond acceptors (Lipinski definition) is 7. The Hall–Kier alpha value is -1.98. The van der Waals surface area contributed by atoms with Crippen molar-refractivity contribution in [3.8, 4) is 6.07 Å². The van der Waals surface area contributed by atoms with Crippen molar-refractivity contribution in [1.29, 1.82) is 10.7 Å². The van der Waals surface area contributed by atoms with Gasteiger partial charge >= 0.3 is 0 Å². The average Bonchev–Trinajstić information content (AvgIpc) is 3.16. The highest BCUT2D eigenvalue weighted by atomic mass is 32.2. The molecule has 0 radical (unpaired) electrons. The molecule has 0 spiro atoms. The minimum absolute atomic E-state index is 0.0220. The van der Waals surface area contributed by atoms with Crippen molar-refractivity contribution in [2.75, 3.05) is 5.75 Å². The molecule has 1 aliphatic rings. The highest BCUT2D eigenvalue weighted by Crippen LogP contribution is 2.35. The number of thiophene rings is 1. The molecule has 2 heterocycles. The molecule has 3 rings (SSSR count). The van der Waals surface area contributed by atoms with Crippen LogP contribution in [0.15, 0.2) is 9.95 Å². The minimum atomic E-state index is -1.02. The fourth-order valence-corrected chi connectivity index (χ4v) is 5.45. The summed E-state index contributed by atoms with van der Waals surface area (Å²) < 4.78 is 1.66. The Morgan fingerprint density at radius 3 is 2.92 bits per heavy atom. The van der Waals surface area contributed by atoms with E-state index in [1.807, 2.05) is 13.0 Å². The summed E-state index contributed by atoms with van der Waals surface area (Å²) in [5, 5.41) is 17.9. The Labute approximate surface area is 159 Å². The van der Waals surface area contributed by atoms with Crippen molar-refractivity contribution in [3.63, 3.8) is 0 Å². The molecule has 0 aliphatic heterocycles. The molecule has 0 aromatic carbocycles. The molecule has 1 aliphatic carbocycles. The lowest BCUT2D eigenvalue weighted by atomic mass is 10.0. The van der Waals surface area contributed by atoms with Crippen LogP contribution in [-0.4, -0.2) is 26.8 Å². The Morgan fingerprint density at radius 1 is 1.50 bits per heavy atom. The summed E-state index contributed by atoms with van der Waals surface area (Å²) in [6.45, 7) is 4.01. The zero-order valence-corrected chi connectivity index (χ0v) is 16.4. The second-order valence-electron chi connectivity index (χ2n) is 6.39. The molecule has 0 saturated carbocycles. The van der Waals surface area contributed by atoms with Crippen LogP contribution in [0, 0.1) is 22.7 Å². The molecule has 8 heteroatoms. The maximum atomic E-state index is 13.0. The Morgan fingerprint density at radius 2 is 2.27 bits per heavy atom. The van der Waals surface area contributed by atoms with E-state index in [0.717, 1.165) is 41.5 Å². The van der Waals surface area contributed by atoms with Gasteiger partial charge in [0.1, 0.15) is 10.7 Å². The summed E-state index contributed by atoms with van der Waals surface area (Å²) >= 11 is 2.77. The summed E-state index contributed by atoms with van der Waals surface area (Å²) in [6.07, 6.45) is 3.83. The van der Waals surface area contributed by atoms with Crippen LogP contribution in [0.25, 0.3) is 10.2 Å². The molecule has 1 atom stereocenters. The quantitative estimate of drug-likeness (QED) is 0.446. The van der Waals surface area contributed by atoms with Crippen molar-refractivity contribution in [2.45, 2.75) is 51.2 Å². The highest BCUT2D eigenvalue weighted by molar-refractivity contribution is 7.99. The molecular weight excluding hydrogens is 368 g/mol. The second-order valence-corrected chi connectivity index (χ2v) is 8.41. The third-order valence-electron chi connectivity index (χ3n) is 4.46. The maximum Gasteiger partial charge on any atom is 0.263 e. The van der Waals surface area contributed by atoms with Gasteiger partial charge in [0.2, 0.25) is 0 Å². The van der Waals surface area contributed by atoms with Gasteiger partial charge in [-0.3, -0.25) is 14.2 Å². The molecule has 0 fully saturated rings. The van der Waals surface area contributed by atoms with Crippen molar-refractivity contribution in [1.82, 2.24) is 9.55 Å². The normalized spacial score (nSPS) is 14.2. The molecule has 0 amide bonds. The summed E-state index contributed by atoms with van der Waals surface area (Å²) in [7, 11) is 0. The first-order valence-corrected chi connectivity index (χ1v) is 10.4. The van der Waals surface area contributed by atoms with Crippen LogP contribution >= 0.6 is 23.1 Å². The number of nitriles is 1.